The molecule has 0 aliphatic carbocycles. The largest absolute Gasteiger partial charge is 0.399 e. The SMILES string of the molecule is C#CCCCCNC(=O)c1ccc(N)cc1N. The fourth-order valence-corrected chi connectivity index (χ4v) is 1.44. The highest BCUT2D eigenvalue weighted by Crippen LogP contribution is 2.15. The predicted molar refractivity (Wildman–Crippen MR) is 70.3 cm³/mol. The van der Waals surface area contributed by atoms with Crippen LogP contribution < -0.4 is 16.8 Å². The molecule has 0 fully saturated rings. The Hall–Kier alpha value is -2.15. The summed E-state index contributed by atoms with van der Waals surface area (Å²) in [6.45, 7) is 0.602. The van der Waals surface area contributed by atoms with E-state index in [0.717, 1.165) is 19.3 Å². The van der Waals surface area contributed by atoms with Crippen molar-refractivity contribution in [2.45, 2.75) is 19.3 Å². The second-order valence-electron chi connectivity index (χ2n) is 3.76. The van der Waals surface area contributed by atoms with Gasteiger partial charge in [-0.15, -0.1) is 12.3 Å². The summed E-state index contributed by atoms with van der Waals surface area (Å²) in [7, 11) is 0. The van der Waals surface area contributed by atoms with Gasteiger partial charge >= 0.3 is 0 Å². The van der Waals surface area contributed by atoms with Crippen LogP contribution in [0.25, 0.3) is 0 Å². The Kier molecular flexibility index (Phi) is 4.89. The number of nitrogens with two attached hydrogens (primary N) is 2. The van der Waals surface area contributed by atoms with Crippen molar-refractivity contribution >= 4 is 17.3 Å². The summed E-state index contributed by atoms with van der Waals surface area (Å²) in [5, 5.41) is 2.79. The predicted octanol–water partition coefficient (Wildman–Crippen LogP) is 1.38. The van der Waals surface area contributed by atoms with E-state index in [0.29, 0.717) is 23.5 Å². The number of rotatable bonds is 5. The third-order valence-corrected chi connectivity index (χ3v) is 2.35. The van der Waals surface area contributed by atoms with Crippen molar-refractivity contribution in [3.8, 4) is 12.3 Å². The van der Waals surface area contributed by atoms with Gasteiger partial charge in [0.1, 0.15) is 0 Å². The normalized spacial score (nSPS) is 9.59. The molecule has 0 aromatic heterocycles. The number of benzene rings is 1. The van der Waals surface area contributed by atoms with Crippen LogP contribution in [-0.2, 0) is 0 Å². The first-order valence-electron chi connectivity index (χ1n) is 5.52. The summed E-state index contributed by atoms with van der Waals surface area (Å²) in [5.41, 5.74) is 12.7. The molecule has 5 N–H and O–H groups in total. The van der Waals surface area contributed by atoms with Gasteiger partial charge in [-0.3, -0.25) is 4.79 Å². The minimum absolute atomic E-state index is 0.178. The molecule has 0 saturated heterocycles. The Morgan fingerprint density at radius 1 is 1.35 bits per heavy atom. The van der Waals surface area contributed by atoms with E-state index < -0.39 is 0 Å². The van der Waals surface area contributed by atoms with Gasteiger partial charge < -0.3 is 16.8 Å². The van der Waals surface area contributed by atoms with Gasteiger partial charge in [-0.05, 0) is 31.0 Å². The van der Waals surface area contributed by atoms with Crippen molar-refractivity contribution in [3.63, 3.8) is 0 Å². The molecule has 4 heteroatoms. The Bertz CT molecular complexity index is 435. The molecule has 1 rings (SSSR count). The molecule has 1 aromatic carbocycles. The van der Waals surface area contributed by atoms with Gasteiger partial charge in [0.25, 0.3) is 5.91 Å². The summed E-state index contributed by atoms with van der Waals surface area (Å²) >= 11 is 0. The molecule has 0 heterocycles. The molecule has 4 nitrogen and oxygen atoms in total. The topological polar surface area (TPSA) is 81.1 Å². The van der Waals surface area contributed by atoms with E-state index in [1.807, 2.05) is 0 Å². The zero-order chi connectivity index (χ0) is 12.7. The maximum atomic E-state index is 11.7. The number of unbranched alkanes of at least 4 members (excludes halogenated alkanes) is 2. The fraction of sp³-hybridized carbons (Fsp3) is 0.308. The van der Waals surface area contributed by atoms with Gasteiger partial charge in [0.15, 0.2) is 0 Å². The Balaban J connectivity index is 2.45. The van der Waals surface area contributed by atoms with Crippen LogP contribution in [0.1, 0.15) is 29.6 Å². The number of amides is 1. The fourth-order valence-electron chi connectivity index (χ4n) is 1.44. The molecule has 17 heavy (non-hydrogen) atoms. The maximum absolute atomic E-state index is 11.7. The second-order valence-corrected chi connectivity index (χ2v) is 3.76. The minimum atomic E-state index is -0.178. The van der Waals surface area contributed by atoms with Crippen molar-refractivity contribution in [2.75, 3.05) is 18.0 Å². The molecular weight excluding hydrogens is 214 g/mol. The van der Waals surface area contributed by atoms with Gasteiger partial charge in [0.05, 0.1) is 5.56 Å². The average Bonchev–Trinajstić information content (AvgIpc) is 2.28. The van der Waals surface area contributed by atoms with E-state index in [1.54, 1.807) is 18.2 Å². The summed E-state index contributed by atoms with van der Waals surface area (Å²) in [6, 6.07) is 4.86. The molecule has 0 atom stereocenters. The summed E-state index contributed by atoms with van der Waals surface area (Å²) in [5.74, 6) is 2.38. The van der Waals surface area contributed by atoms with Crippen LogP contribution in [0.15, 0.2) is 18.2 Å². The van der Waals surface area contributed by atoms with Crippen molar-refractivity contribution in [2.24, 2.45) is 0 Å². The number of hydrogen-bond donors (Lipinski definition) is 3. The minimum Gasteiger partial charge on any atom is -0.399 e. The quantitative estimate of drug-likeness (QED) is 0.407. The lowest BCUT2D eigenvalue weighted by Gasteiger charge is -2.07. The van der Waals surface area contributed by atoms with E-state index >= 15 is 0 Å². The Labute approximate surface area is 101 Å². The highest BCUT2D eigenvalue weighted by atomic mass is 16.1. The van der Waals surface area contributed by atoms with E-state index in [2.05, 4.69) is 11.2 Å². The molecule has 0 aliphatic heterocycles. The van der Waals surface area contributed by atoms with Crippen LogP contribution in [0.4, 0.5) is 11.4 Å². The van der Waals surface area contributed by atoms with Gasteiger partial charge in [0, 0.05) is 24.3 Å². The van der Waals surface area contributed by atoms with Gasteiger partial charge in [-0.25, -0.2) is 0 Å². The lowest BCUT2D eigenvalue weighted by atomic mass is 10.1. The monoisotopic (exact) mass is 231 g/mol. The number of terminal acetylenes is 1. The maximum Gasteiger partial charge on any atom is 0.253 e. The van der Waals surface area contributed by atoms with Gasteiger partial charge in [-0.2, -0.15) is 0 Å². The number of nitrogens with one attached hydrogen (secondary N) is 1. The zero-order valence-electron chi connectivity index (χ0n) is 9.70. The zero-order valence-corrected chi connectivity index (χ0v) is 9.70. The second kappa shape index (κ2) is 6.44. The Morgan fingerprint density at radius 2 is 2.12 bits per heavy atom. The number of anilines is 2. The molecule has 0 bridgehead atoms. The van der Waals surface area contributed by atoms with E-state index in [4.69, 9.17) is 17.9 Å². The van der Waals surface area contributed by atoms with Crippen LogP contribution in [0.3, 0.4) is 0 Å². The standard InChI is InChI=1S/C13H17N3O/c1-2-3-4-5-8-16-13(17)11-7-6-10(14)9-12(11)15/h1,6-7,9H,3-5,8,14-15H2,(H,16,17). The molecular formula is C13H17N3O. The molecule has 1 aromatic rings. The van der Waals surface area contributed by atoms with Gasteiger partial charge in [-0.1, -0.05) is 0 Å². The summed E-state index contributed by atoms with van der Waals surface area (Å²) in [4.78, 5) is 11.7. The lowest BCUT2D eigenvalue weighted by Crippen LogP contribution is -2.25. The lowest BCUT2D eigenvalue weighted by molar-refractivity contribution is 0.0954. The molecule has 0 saturated carbocycles. The highest BCUT2D eigenvalue weighted by Gasteiger charge is 2.08. The van der Waals surface area contributed by atoms with Crippen molar-refractivity contribution in [1.82, 2.24) is 5.32 Å². The average molecular weight is 231 g/mol. The van der Waals surface area contributed by atoms with E-state index in [9.17, 15) is 4.79 Å². The molecule has 0 radical (unpaired) electrons. The van der Waals surface area contributed by atoms with Crippen molar-refractivity contribution in [1.29, 1.82) is 0 Å². The first-order valence-corrected chi connectivity index (χ1v) is 5.52. The molecule has 0 spiro atoms. The first kappa shape index (κ1) is 12.9. The van der Waals surface area contributed by atoms with Crippen molar-refractivity contribution in [3.05, 3.63) is 23.8 Å². The first-order chi connectivity index (χ1) is 8.15. The van der Waals surface area contributed by atoms with E-state index in [-0.39, 0.29) is 5.91 Å². The molecule has 0 aliphatic rings. The Morgan fingerprint density at radius 3 is 2.76 bits per heavy atom. The van der Waals surface area contributed by atoms with E-state index in [1.165, 1.54) is 0 Å². The number of hydrogen-bond acceptors (Lipinski definition) is 3. The number of carbonyl (C=O) groups is 1. The number of carbonyl (C=O) groups excluding carboxylic acids is 1. The van der Waals surface area contributed by atoms with Crippen LogP contribution in [-0.4, -0.2) is 12.5 Å². The molecule has 1 amide bonds. The summed E-state index contributed by atoms with van der Waals surface area (Å²) < 4.78 is 0. The van der Waals surface area contributed by atoms with Crippen LogP contribution >= 0.6 is 0 Å². The van der Waals surface area contributed by atoms with Crippen LogP contribution in [0.2, 0.25) is 0 Å². The summed E-state index contributed by atoms with van der Waals surface area (Å²) in [6.07, 6.45) is 7.64. The number of nitrogen functional groups attached to an aromatic ring is 2. The van der Waals surface area contributed by atoms with Crippen LogP contribution in [0.5, 0.6) is 0 Å². The molecule has 0 unspecified atom stereocenters. The van der Waals surface area contributed by atoms with Crippen molar-refractivity contribution < 1.29 is 4.79 Å². The third kappa shape index (κ3) is 4.07. The third-order valence-electron chi connectivity index (χ3n) is 2.35. The molecule has 90 valence electrons. The van der Waals surface area contributed by atoms with Gasteiger partial charge in [0.2, 0.25) is 0 Å². The highest BCUT2D eigenvalue weighted by molar-refractivity contribution is 5.99. The smallest absolute Gasteiger partial charge is 0.253 e. The van der Waals surface area contributed by atoms with Crippen LogP contribution in [0, 0.1) is 12.3 Å².